The Morgan fingerprint density at radius 1 is 1.48 bits per heavy atom. The second-order valence-electron chi connectivity index (χ2n) is 5.75. The van der Waals surface area contributed by atoms with Gasteiger partial charge in [-0.25, -0.2) is 0 Å². The van der Waals surface area contributed by atoms with E-state index in [1.165, 1.54) is 0 Å². The Bertz CT molecular complexity index is 497. The van der Waals surface area contributed by atoms with Gasteiger partial charge < -0.3 is 15.6 Å². The summed E-state index contributed by atoms with van der Waals surface area (Å²) in [5.41, 5.74) is 7.69. The number of thiocarbonyl (C=S) groups is 1. The van der Waals surface area contributed by atoms with Gasteiger partial charge >= 0.3 is 0 Å². The lowest BCUT2D eigenvalue weighted by Crippen LogP contribution is -2.36. The zero-order chi connectivity index (χ0) is 15.4. The highest BCUT2D eigenvalue weighted by Crippen LogP contribution is 2.26. The molecule has 1 unspecified atom stereocenters. The topological polar surface area (TPSA) is 58.7 Å². The first-order valence-corrected chi connectivity index (χ1v) is 7.79. The molecule has 3 N–H and O–H groups in total. The van der Waals surface area contributed by atoms with Crippen LogP contribution in [-0.4, -0.2) is 41.3 Å². The van der Waals surface area contributed by atoms with Crippen molar-refractivity contribution < 1.29 is 9.84 Å². The number of piperidine rings is 1. The first-order valence-electron chi connectivity index (χ1n) is 7.38. The van der Waals surface area contributed by atoms with E-state index >= 15 is 0 Å². The number of nitrogens with two attached hydrogens (primary N) is 1. The molecule has 4 nitrogen and oxygen atoms in total. The van der Waals surface area contributed by atoms with Crippen molar-refractivity contribution in [2.75, 3.05) is 20.2 Å². The molecule has 1 atom stereocenters. The van der Waals surface area contributed by atoms with Gasteiger partial charge in [-0.15, -0.1) is 0 Å². The van der Waals surface area contributed by atoms with Crippen LogP contribution in [0.1, 0.15) is 30.9 Å². The van der Waals surface area contributed by atoms with Gasteiger partial charge in [-0.05, 0) is 57.0 Å². The molecule has 0 spiro atoms. The summed E-state index contributed by atoms with van der Waals surface area (Å²) < 4.78 is 5.43. The second-order valence-corrected chi connectivity index (χ2v) is 6.18. The fourth-order valence-corrected chi connectivity index (χ4v) is 3.02. The Morgan fingerprint density at radius 3 is 2.67 bits per heavy atom. The van der Waals surface area contributed by atoms with Crippen molar-refractivity contribution in [1.82, 2.24) is 4.90 Å². The van der Waals surface area contributed by atoms with E-state index in [1.54, 1.807) is 7.11 Å². The lowest BCUT2D eigenvalue weighted by Gasteiger charge is -2.33. The second kappa shape index (κ2) is 7.20. The molecule has 0 bridgehead atoms. The standard InChI is InChI=1S/C16H24N2O2S/c1-11(19)12-5-7-18(8-6-12)10-14-9-13(16(17)21)3-4-15(14)20-2/h3-4,9,11-12,19H,5-8,10H2,1-2H3,(H2,17,21). The minimum Gasteiger partial charge on any atom is -0.496 e. The van der Waals surface area contributed by atoms with Gasteiger partial charge in [0.15, 0.2) is 0 Å². The molecule has 2 rings (SSSR count). The van der Waals surface area contributed by atoms with E-state index in [0.29, 0.717) is 10.9 Å². The molecule has 0 aromatic heterocycles. The molecule has 1 saturated heterocycles. The Labute approximate surface area is 131 Å². The van der Waals surface area contributed by atoms with Crippen LogP contribution < -0.4 is 10.5 Å². The monoisotopic (exact) mass is 308 g/mol. The third-order valence-electron chi connectivity index (χ3n) is 4.27. The number of nitrogens with zero attached hydrogens (tertiary/aromatic N) is 1. The molecule has 0 aliphatic carbocycles. The first kappa shape index (κ1) is 16.2. The van der Waals surface area contributed by atoms with Crippen LogP contribution in [0.15, 0.2) is 18.2 Å². The Balaban J connectivity index is 2.05. The summed E-state index contributed by atoms with van der Waals surface area (Å²) in [5, 5.41) is 9.67. The van der Waals surface area contributed by atoms with Crippen molar-refractivity contribution in [1.29, 1.82) is 0 Å². The molecule has 1 aromatic rings. The van der Waals surface area contributed by atoms with E-state index < -0.39 is 0 Å². The summed E-state index contributed by atoms with van der Waals surface area (Å²) in [6, 6.07) is 5.83. The van der Waals surface area contributed by atoms with E-state index in [1.807, 2.05) is 25.1 Å². The van der Waals surface area contributed by atoms with Crippen LogP contribution in [0.2, 0.25) is 0 Å². The van der Waals surface area contributed by atoms with Crippen molar-refractivity contribution in [3.8, 4) is 5.75 Å². The van der Waals surface area contributed by atoms with Gasteiger partial charge in [0.25, 0.3) is 0 Å². The Hall–Kier alpha value is -1.17. The lowest BCUT2D eigenvalue weighted by atomic mass is 9.92. The first-order chi connectivity index (χ1) is 10.0. The molecule has 116 valence electrons. The number of ether oxygens (including phenoxy) is 1. The van der Waals surface area contributed by atoms with Crippen LogP contribution >= 0.6 is 12.2 Å². The minimum atomic E-state index is -0.209. The summed E-state index contributed by atoms with van der Waals surface area (Å²) in [4.78, 5) is 2.80. The van der Waals surface area contributed by atoms with Crippen LogP contribution in [0.5, 0.6) is 5.75 Å². The number of likely N-dealkylation sites (tertiary alicyclic amines) is 1. The van der Waals surface area contributed by atoms with Gasteiger partial charge in [-0.2, -0.15) is 0 Å². The van der Waals surface area contributed by atoms with Crippen molar-refractivity contribution >= 4 is 17.2 Å². The number of hydrogen-bond donors (Lipinski definition) is 2. The van der Waals surface area contributed by atoms with E-state index in [2.05, 4.69) is 4.90 Å². The molecular formula is C16H24N2O2S. The molecule has 1 aliphatic heterocycles. The maximum Gasteiger partial charge on any atom is 0.123 e. The van der Waals surface area contributed by atoms with Gasteiger partial charge in [0.05, 0.1) is 13.2 Å². The summed E-state index contributed by atoms with van der Waals surface area (Å²) in [5.74, 6) is 1.29. The maximum atomic E-state index is 9.67. The minimum absolute atomic E-state index is 0.209. The third kappa shape index (κ3) is 4.15. The predicted molar refractivity (Wildman–Crippen MR) is 88.6 cm³/mol. The Morgan fingerprint density at radius 2 is 2.14 bits per heavy atom. The quantitative estimate of drug-likeness (QED) is 0.814. The van der Waals surface area contributed by atoms with Crippen molar-refractivity contribution in [3.05, 3.63) is 29.3 Å². The zero-order valence-corrected chi connectivity index (χ0v) is 13.5. The molecular weight excluding hydrogens is 284 g/mol. The van der Waals surface area contributed by atoms with Gasteiger partial charge in [0.1, 0.15) is 10.7 Å². The molecule has 0 saturated carbocycles. The zero-order valence-electron chi connectivity index (χ0n) is 12.7. The normalized spacial score (nSPS) is 18.4. The predicted octanol–water partition coefficient (Wildman–Crippen LogP) is 1.92. The van der Waals surface area contributed by atoms with Gasteiger partial charge in [0, 0.05) is 17.7 Å². The molecule has 1 fully saturated rings. The highest BCUT2D eigenvalue weighted by molar-refractivity contribution is 7.80. The van der Waals surface area contributed by atoms with Crippen LogP contribution in [0.25, 0.3) is 0 Å². The van der Waals surface area contributed by atoms with Crippen LogP contribution in [-0.2, 0) is 6.54 Å². The van der Waals surface area contributed by atoms with E-state index in [-0.39, 0.29) is 6.10 Å². The largest absolute Gasteiger partial charge is 0.496 e. The molecule has 1 heterocycles. The molecule has 0 amide bonds. The summed E-state index contributed by atoms with van der Waals surface area (Å²) >= 11 is 5.05. The highest BCUT2D eigenvalue weighted by atomic mass is 32.1. The number of rotatable bonds is 5. The molecule has 1 aromatic carbocycles. The highest BCUT2D eigenvalue weighted by Gasteiger charge is 2.23. The van der Waals surface area contributed by atoms with Gasteiger partial charge in [-0.3, -0.25) is 4.90 Å². The average Bonchev–Trinajstić information content (AvgIpc) is 2.47. The number of benzene rings is 1. The van der Waals surface area contributed by atoms with E-state index in [0.717, 1.165) is 49.4 Å². The third-order valence-corrected chi connectivity index (χ3v) is 4.51. The molecule has 21 heavy (non-hydrogen) atoms. The van der Waals surface area contributed by atoms with Crippen LogP contribution in [0.3, 0.4) is 0 Å². The van der Waals surface area contributed by atoms with Gasteiger partial charge in [0.2, 0.25) is 0 Å². The summed E-state index contributed by atoms with van der Waals surface area (Å²) in [6.07, 6.45) is 1.86. The number of hydrogen-bond acceptors (Lipinski definition) is 4. The average molecular weight is 308 g/mol. The molecule has 1 aliphatic rings. The fraction of sp³-hybridized carbons (Fsp3) is 0.562. The fourth-order valence-electron chi connectivity index (χ4n) is 2.89. The molecule has 0 radical (unpaired) electrons. The van der Waals surface area contributed by atoms with Crippen LogP contribution in [0.4, 0.5) is 0 Å². The SMILES string of the molecule is COc1ccc(C(N)=S)cc1CN1CCC(C(C)O)CC1. The number of aliphatic hydroxyl groups excluding tert-OH is 1. The van der Waals surface area contributed by atoms with Crippen molar-refractivity contribution in [2.24, 2.45) is 11.7 Å². The smallest absolute Gasteiger partial charge is 0.123 e. The summed E-state index contributed by atoms with van der Waals surface area (Å²) in [7, 11) is 1.68. The van der Waals surface area contributed by atoms with E-state index in [4.69, 9.17) is 22.7 Å². The van der Waals surface area contributed by atoms with E-state index in [9.17, 15) is 5.11 Å². The van der Waals surface area contributed by atoms with Crippen LogP contribution in [0, 0.1) is 5.92 Å². The Kier molecular flexibility index (Phi) is 5.56. The summed E-state index contributed by atoms with van der Waals surface area (Å²) in [6.45, 7) is 4.70. The lowest BCUT2D eigenvalue weighted by molar-refractivity contribution is 0.0693. The number of aliphatic hydroxyl groups is 1. The molecule has 5 heteroatoms. The van der Waals surface area contributed by atoms with Crippen molar-refractivity contribution in [3.63, 3.8) is 0 Å². The van der Waals surface area contributed by atoms with Crippen molar-refractivity contribution in [2.45, 2.75) is 32.4 Å². The number of methoxy groups -OCH3 is 1. The maximum absolute atomic E-state index is 9.67. The van der Waals surface area contributed by atoms with Gasteiger partial charge in [-0.1, -0.05) is 12.2 Å².